The minimum Gasteiger partial charge on any atom is -0.481 e. The van der Waals surface area contributed by atoms with Gasteiger partial charge in [-0.2, -0.15) is 0 Å². The van der Waals surface area contributed by atoms with E-state index < -0.39 is 37.7 Å². The molecule has 0 fully saturated rings. The van der Waals surface area contributed by atoms with Crippen molar-refractivity contribution in [1.29, 1.82) is 0 Å². The summed E-state index contributed by atoms with van der Waals surface area (Å²) >= 11 is 0. The van der Waals surface area contributed by atoms with Crippen LogP contribution in [0.2, 0.25) is 0 Å². The minimum atomic E-state index is -0.650. The van der Waals surface area contributed by atoms with Gasteiger partial charge in [0.25, 0.3) is 11.8 Å². The Labute approximate surface area is 368 Å². The summed E-state index contributed by atoms with van der Waals surface area (Å²) in [4.78, 5) is 69.1. The maximum Gasteiger partial charge on any atom is 0.343 e. The zero-order chi connectivity index (χ0) is 45.6. The first-order chi connectivity index (χ1) is 30.3. The second-order valence-corrected chi connectivity index (χ2v) is 14.8. The van der Waals surface area contributed by atoms with Gasteiger partial charge in [0.05, 0.1) is 21.3 Å². The van der Waals surface area contributed by atoms with Crippen molar-refractivity contribution in [3.05, 3.63) is 136 Å². The normalized spacial score (nSPS) is 10.7. The average molecular weight is 859 g/mol. The van der Waals surface area contributed by atoms with Gasteiger partial charge in [-0.25, -0.2) is 14.4 Å². The molecular weight excluding hydrogens is 805 g/mol. The number of hydrogen-bond acceptors (Lipinski definition) is 11. The number of hydrogen-bond donors (Lipinski definition) is 0. The quantitative estimate of drug-likeness (QED) is 0.0589. The molecule has 0 N–H and O–H groups in total. The third-order valence-electron chi connectivity index (χ3n) is 10.2. The van der Waals surface area contributed by atoms with E-state index in [1.165, 1.54) is 21.3 Å². The number of rotatable bonds is 19. The summed E-state index contributed by atoms with van der Waals surface area (Å²) in [5.41, 5.74) is 6.56. The number of methoxy groups -OCH3 is 3. The molecule has 0 atom stereocenters. The molecule has 0 saturated carbocycles. The highest BCUT2D eigenvalue weighted by atomic mass is 16.6. The Morgan fingerprint density at radius 3 is 1.06 bits per heavy atom. The molecule has 0 aliphatic carbocycles. The fourth-order valence-corrected chi connectivity index (χ4v) is 7.16. The Morgan fingerprint density at radius 2 is 0.746 bits per heavy atom. The molecule has 0 aliphatic rings. The maximum absolute atomic E-state index is 13.8. The Bertz CT molecular complexity index is 2280. The number of ether oxygens (including phenoxy) is 6. The van der Waals surface area contributed by atoms with E-state index in [-0.39, 0.29) is 42.2 Å². The van der Waals surface area contributed by atoms with E-state index >= 15 is 0 Å². The fraction of sp³-hybridized carbons (Fsp3) is 0.300. The van der Waals surface area contributed by atoms with Crippen LogP contribution in [-0.4, -0.2) is 93.8 Å². The molecule has 0 heterocycles. The van der Waals surface area contributed by atoms with Crippen molar-refractivity contribution in [3.8, 4) is 39.5 Å². The van der Waals surface area contributed by atoms with Crippen molar-refractivity contribution in [2.75, 3.05) is 54.2 Å². The molecule has 5 rings (SSSR count). The lowest BCUT2D eigenvalue weighted by Gasteiger charge is -2.26. The lowest BCUT2D eigenvalue weighted by molar-refractivity contribution is -0.143. The summed E-state index contributed by atoms with van der Waals surface area (Å²) in [6.45, 7) is 9.05. The summed E-state index contributed by atoms with van der Waals surface area (Å²) < 4.78 is 34.0. The van der Waals surface area contributed by atoms with Crippen LogP contribution in [0.3, 0.4) is 0 Å². The van der Waals surface area contributed by atoms with E-state index in [0.717, 1.165) is 16.7 Å². The van der Waals surface area contributed by atoms with Gasteiger partial charge < -0.3 is 38.2 Å². The zero-order valence-corrected chi connectivity index (χ0v) is 37.1. The molecule has 0 radical (unpaired) electrons. The van der Waals surface area contributed by atoms with Crippen LogP contribution in [0.25, 0.3) is 22.3 Å². The van der Waals surface area contributed by atoms with Gasteiger partial charge in [-0.15, -0.1) is 0 Å². The lowest BCUT2D eigenvalue weighted by atomic mass is 9.90. The molecule has 0 unspecified atom stereocenters. The summed E-state index contributed by atoms with van der Waals surface area (Å²) in [5, 5.41) is 0. The number of aryl methyl sites for hydroxylation is 3. The first kappa shape index (κ1) is 46.9. The van der Waals surface area contributed by atoms with Crippen molar-refractivity contribution in [3.63, 3.8) is 0 Å². The topological polar surface area (TPSA) is 147 Å². The van der Waals surface area contributed by atoms with Crippen molar-refractivity contribution in [2.45, 2.75) is 47.7 Å². The molecule has 63 heavy (non-hydrogen) atoms. The van der Waals surface area contributed by atoms with Crippen LogP contribution in [-0.2, 0) is 41.7 Å². The Morgan fingerprint density at radius 1 is 0.444 bits per heavy atom. The van der Waals surface area contributed by atoms with Gasteiger partial charge in [0, 0.05) is 70.7 Å². The van der Waals surface area contributed by atoms with Crippen LogP contribution >= 0.6 is 0 Å². The monoisotopic (exact) mass is 858 g/mol. The summed E-state index contributed by atoms with van der Waals surface area (Å²) in [6.07, 6.45) is 0. The highest BCUT2D eigenvalue weighted by Gasteiger charge is 2.27. The number of esters is 3. The lowest BCUT2D eigenvalue weighted by Crippen LogP contribution is -2.30. The van der Waals surface area contributed by atoms with Crippen molar-refractivity contribution in [2.24, 2.45) is 0 Å². The van der Waals surface area contributed by atoms with Gasteiger partial charge in [0.1, 0.15) is 17.2 Å². The van der Waals surface area contributed by atoms with Crippen LogP contribution in [0.5, 0.6) is 17.2 Å². The summed E-state index contributed by atoms with van der Waals surface area (Å²) in [5.74, 6) is -1.49. The number of nitrogens with zero attached hydrogens (tertiary/aromatic N) is 2. The number of amides is 2. The van der Waals surface area contributed by atoms with E-state index in [1.54, 1.807) is 58.3 Å². The van der Waals surface area contributed by atoms with Crippen molar-refractivity contribution >= 4 is 29.7 Å². The Balaban J connectivity index is 1.78. The zero-order valence-electron chi connectivity index (χ0n) is 37.1. The van der Waals surface area contributed by atoms with E-state index in [0.29, 0.717) is 57.6 Å². The van der Waals surface area contributed by atoms with Gasteiger partial charge in [0.2, 0.25) is 0 Å². The van der Waals surface area contributed by atoms with E-state index in [4.69, 9.17) is 28.4 Å². The third kappa shape index (κ3) is 11.8. The molecule has 0 aromatic heterocycles. The highest BCUT2D eigenvalue weighted by Crippen LogP contribution is 2.48. The van der Waals surface area contributed by atoms with E-state index in [1.807, 2.05) is 83.1 Å². The van der Waals surface area contributed by atoms with Gasteiger partial charge >= 0.3 is 17.9 Å². The molecule has 0 spiro atoms. The van der Waals surface area contributed by atoms with Crippen LogP contribution in [0, 0.1) is 20.8 Å². The minimum absolute atomic E-state index is 0.120. The molecule has 0 bridgehead atoms. The van der Waals surface area contributed by atoms with Gasteiger partial charge in [0.15, 0.2) is 19.8 Å². The van der Waals surface area contributed by atoms with Crippen LogP contribution in [0.1, 0.15) is 62.4 Å². The van der Waals surface area contributed by atoms with Crippen molar-refractivity contribution in [1.82, 2.24) is 9.80 Å². The van der Waals surface area contributed by atoms with Crippen LogP contribution in [0.15, 0.2) is 97.1 Å². The number of carbonyl (C=O) groups excluding carboxylic acids is 5. The average Bonchev–Trinajstić information content (AvgIpc) is 3.30. The molecular formula is C50H54N2O11. The molecule has 5 aromatic carbocycles. The van der Waals surface area contributed by atoms with Crippen LogP contribution < -0.4 is 14.2 Å². The highest BCUT2D eigenvalue weighted by molar-refractivity contribution is 5.95. The van der Waals surface area contributed by atoms with Gasteiger partial charge in [-0.3, -0.25) is 9.59 Å². The van der Waals surface area contributed by atoms with Crippen molar-refractivity contribution < 1.29 is 52.4 Å². The van der Waals surface area contributed by atoms with Gasteiger partial charge in [-0.1, -0.05) is 48.5 Å². The molecule has 2 amide bonds. The Hall–Kier alpha value is -7.15. The smallest absolute Gasteiger partial charge is 0.343 e. The summed E-state index contributed by atoms with van der Waals surface area (Å²) in [6, 6.07) is 29.2. The first-order valence-electron chi connectivity index (χ1n) is 20.5. The molecule has 13 nitrogen and oxygen atoms in total. The molecule has 0 saturated heterocycles. The number of benzene rings is 5. The predicted octanol–water partition coefficient (Wildman–Crippen LogP) is 7.93. The summed E-state index contributed by atoms with van der Waals surface area (Å²) in [7, 11) is 3.78. The predicted molar refractivity (Wildman–Crippen MR) is 238 cm³/mol. The first-order valence-corrected chi connectivity index (χ1v) is 20.5. The second-order valence-electron chi connectivity index (χ2n) is 14.8. The maximum atomic E-state index is 13.8. The van der Waals surface area contributed by atoms with E-state index in [2.05, 4.69) is 0 Å². The number of carbonyl (C=O) groups is 5. The largest absolute Gasteiger partial charge is 0.481 e. The third-order valence-corrected chi connectivity index (χ3v) is 10.2. The van der Waals surface area contributed by atoms with Gasteiger partial charge in [-0.05, 0) is 99.8 Å². The van der Waals surface area contributed by atoms with Crippen LogP contribution in [0.4, 0.5) is 0 Å². The standard InChI is InChI=1S/C50H54N2O11/c1-9-51(49(56)35-17-13-11-14-18-35)27-37-21-32(3)23-39(46(37)61-29-43(53)58-6)41-25-34(5)26-42(48(41)63-31-45(55)60-8)40-24-33(4)22-38(47(40)62-30-44(54)59-7)28-52(10-2)50(57)36-19-15-12-16-20-36/h11-26H,9-10,27-31H2,1-8H3. The van der Waals surface area contributed by atoms with E-state index in [9.17, 15) is 24.0 Å². The Kier molecular flexibility index (Phi) is 16.4. The molecule has 330 valence electrons. The SMILES string of the molecule is CCN(Cc1cc(C)cc(-c2cc(C)cc(-c3cc(C)cc(CN(CC)C(=O)c4ccccc4)c3OCC(=O)OC)c2OCC(=O)OC)c1OCC(=O)OC)C(=O)c1ccccc1. The second kappa shape index (κ2) is 22.1. The fourth-order valence-electron chi connectivity index (χ4n) is 7.16. The molecule has 0 aliphatic heterocycles. The molecule has 13 heteroatoms. The molecule has 5 aromatic rings.